The predicted molar refractivity (Wildman–Crippen MR) is 72.5 cm³/mol. The molecular weight excluding hydrogens is 218 g/mol. The normalized spacial score (nSPS) is 11.8. The molecule has 1 aromatic rings. The van der Waals surface area contributed by atoms with Gasteiger partial charge in [-0.2, -0.15) is 0 Å². The summed E-state index contributed by atoms with van der Waals surface area (Å²) in [7, 11) is 3.95. The van der Waals surface area contributed by atoms with Crippen molar-refractivity contribution in [1.29, 1.82) is 0 Å². The van der Waals surface area contributed by atoms with Crippen LogP contribution in [0.5, 0.6) is 0 Å². The summed E-state index contributed by atoms with van der Waals surface area (Å²) in [6.45, 7) is 4.37. The van der Waals surface area contributed by atoms with Crippen molar-refractivity contribution in [2.45, 2.75) is 19.8 Å². The number of halogens is 1. The van der Waals surface area contributed by atoms with Gasteiger partial charge in [0.25, 0.3) is 0 Å². The van der Waals surface area contributed by atoms with Gasteiger partial charge >= 0.3 is 0 Å². The summed E-state index contributed by atoms with van der Waals surface area (Å²) >= 11 is 6.19. The van der Waals surface area contributed by atoms with E-state index in [2.05, 4.69) is 38.1 Å². The molecule has 1 nitrogen and oxygen atoms in total. The molecule has 0 bridgehead atoms. The zero-order valence-corrected chi connectivity index (χ0v) is 11.1. The van der Waals surface area contributed by atoms with Crippen LogP contribution in [-0.2, 0) is 0 Å². The molecule has 0 N–H and O–H groups in total. The lowest BCUT2D eigenvalue weighted by Crippen LogP contribution is -1.95. The molecule has 0 amide bonds. The topological polar surface area (TPSA) is 3.01 Å². The Hall–Kier alpha value is -1.08. The third-order valence-electron chi connectivity index (χ3n) is 2.37. The highest BCUT2D eigenvalue weighted by Crippen LogP contribution is 2.21. The number of hydrogen-bond acceptors (Lipinski definition) is 0. The van der Waals surface area contributed by atoms with Crippen LogP contribution in [0, 0.1) is 0 Å². The van der Waals surface area contributed by atoms with Gasteiger partial charge in [0.1, 0.15) is 14.1 Å². The summed E-state index contributed by atoms with van der Waals surface area (Å²) in [4.78, 5) is 0. The Labute approximate surface area is 103 Å². The average Bonchev–Trinajstić information content (AvgIpc) is 2.26. The van der Waals surface area contributed by atoms with Crippen LogP contribution in [-0.4, -0.2) is 24.9 Å². The zero-order valence-electron chi connectivity index (χ0n) is 10.4. The van der Waals surface area contributed by atoms with Gasteiger partial charge in [-0.3, -0.25) is 0 Å². The smallest absolute Gasteiger partial charge is 0.164 e. The van der Waals surface area contributed by atoms with E-state index in [9.17, 15) is 0 Å². The predicted octanol–water partition coefficient (Wildman–Crippen LogP) is 3.73. The van der Waals surface area contributed by atoms with Gasteiger partial charge in [0, 0.05) is 6.08 Å². The van der Waals surface area contributed by atoms with Gasteiger partial charge in [-0.15, -0.1) is 0 Å². The summed E-state index contributed by atoms with van der Waals surface area (Å²) in [5.74, 6) is 0.560. The highest BCUT2D eigenvalue weighted by Gasteiger charge is 2.01. The Morgan fingerprint density at radius 3 is 2.19 bits per heavy atom. The first kappa shape index (κ1) is 13.0. The lowest BCUT2D eigenvalue weighted by Gasteiger charge is -2.05. The quantitative estimate of drug-likeness (QED) is 0.556. The van der Waals surface area contributed by atoms with Crippen LogP contribution in [0.25, 0.3) is 5.03 Å². The molecule has 0 radical (unpaired) electrons. The molecule has 16 heavy (non-hydrogen) atoms. The molecule has 1 rings (SSSR count). The number of allylic oxidation sites excluding steroid dienone is 1. The number of nitrogens with zero attached hydrogens (tertiary/aromatic N) is 1. The van der Waals surface area contributed by atoms with Crippen molar-refractivity contribution in [3.8, 4) is 0 Å². The van der Waals surface area contributed by atoms with E-state index in [0.717, 1.165) is 10.6 Å². The molecule has 2 heteroatoms. The first-order valence-electron chi connectivity index (χ1n) is 5.48. The van der Waals surface area contributed by atoms with Crippen LogP contribution in [0.15, 0.2) is 30.3 Å². The highest BCUT2D eigenvalue weighted by atomic mass is 35.5. The van der Waals surface area contributed by atoms with Gasteiger partial charge in [0.15, 0.2) is 6.21 Å². The fraction of sp³-hybridized carbons (Fsp3) is 0.357. The second-order valence-corrected chi connectivity index (χ2v) is 4.81. The Morgan fingerprint density at radius 1 is 1.19 bits per heavy atom. The van der Waals surface area contributed by atoms with Gasteiger partial charge in [-0.05, 0) is 17.0 Å². The fourth-order valence-corrected chi connectivity index (χ4v) is 1.52. The molecule has 0 spiro atoms. The van der Waals surface area contributed by atoms with E-state index in [4.69, 9.17) is 11.6 Å². The Morgan fingerprint density at radius 2 is 1.75 bits per heavy atom. The van der Waals surface area contributed by atoms with Gasteiger partial charge in [0.2, 0.25) is 0 Å². The van der Waals surface area contributed by atoms with E-state index in [-0.39, 0.29) is 0 Å². The van der Waals surface area contributed by atoms with E-state index < -0.39 is 0 Å². The van der Waals surface area contributed by atoms with E-state index in [0.29, 0.717) is 5.92 Å². The van der Waals surface area contributed by atoms with E-state index in [1.54, 1.807) is 0 Å². The van der Waals surface area contributed by atoms with Crippen molar-refractivity contribution in [3.05, 3.63) is 41.5 Å². The van der Waals surface area contributed by atoms with Crippen LogP contribution in [0.2, 0.25) is 0 Å². The molecule has 0 aliphatic carbocycles. The molecule has 0 saturated heterocycles. The summed E-state index contributed by atoms with van der Waals surface area (Å²) in [5.41, 5.74) is 2.40. The summed E-state index contributed by atoms with van der Waals surface area (Å²) in [5, 5.41) is 0.768. The molecule has 0 aromatic heterocycles. The van der Waals surface area contributed by atoms with Gasteiger partial charge in [-0.25, -0.2) is 4.58 Å². The Balaban J connectivity index is 2.90. The van der Waals surface area contributed by atoms with Gasteiger partial charge in [0.05, 0.1) is 5.03 Å². The molecule has 0 atom stereocenters. The monoisotopic (exact) mass is 236 g/mol. The molecule has 0 fully saturated rings. The third-order valence-corrected chi connectivity index (χ3v) is 2.72. The Bertz CT molecular complexity index is 395. The molecule has 0 unspecified atom stereocenters. The maximum Gasteiger partial charge on any atom is 0.164 e. The maximum atomic E-state index is 6.19. The molecule has 0 aliphatic rings. The summed E-state index contributed by atoms with van der Waals surface area (Å²) in [6, 6.07) is 8.40. The van der Waals surface area contributed by atoms with Crippen molar-refractivity contribution in [1.82, 2.24) is 0 Å². The van der Waals surface area contributed by atoms with E-state index >= 15 is 0 Å². The van der Waals surface area contributed by atoms with Gasteiger partial charge < -0.3 is 0 Å². The van der Waals surface area contributed by atoms with Crippen molar-refractivity contribution in [3.63, 3.8) is 0 Å². The number of benzene rings is 1. The third kappa shape index (κ3) is 3.82. The van der Waals surface area contributed by atoms with Gasteiger partial charge in [-0.1, -0.05) is 49.7 Å². The van der Waals surface area contributed by atoms with Crippen molar-refractivity contribution < 1.29 is 4.58 Å². The molecule has 0 saturated carbocycles. The van der Waals surface area contributed by atoms with Crippen molar-refractivity contribution >= 4 is 22.8 Å². The minimum absolute atomic E-state index is 0.560. The summed E-state index contributed by atoms with van der Waals surface area (Å²) in [6.07, 6.45) is 3.85. The Kier molecular flexibility index (Phi) is 4.75. The van der Waals surface area contributed by atoms with Crippen LogP contribution in [0.3, 0.4) is 0 Å². The fourth-order valence-electron chi connectivity index (χ4n) is 1.34. The standard InChI is InChI=1S/C14H19ClN/c1-11(2)12-5-7-13(8-6-12)14(15)9-10-16(3)4/h5-11H,1-4H3/q+1/b14-9-. The van der Waals surface area contributed by atoms with Crippen molar-refractivity contribution in [2.75, 3.05) is 14.1 Å². The molecule has 0 heterocycles. The van der Waals surface area contributed by atoms with Crippen LogP contribution >= 0.6 is 11.6 Å². The number of rotatable bonds is 3. The minimum atomic E-state index is 0.560. The second-order valence-electron chi connectivity index (χ2n) is 4.40. The average molecular weight is 237 g/mol. The largest absolute Gasteiger partial charge is 0.241 e. The molecule has 86 valence electrons. The first-order chi connectivity index (χ1) is 7.50. The minimum Gasteiger partial charge on any atom is -0.241 e. The van der Waals surface area contributed by atoms with E-state index in [1.807, 2.05) is 31.0 Å². The maximum absolute atomic E-state index is 6.19. The molecule has 0 aliphatic heterocycles. The molecule has 1 aromatic carbocycles. The lowest BCUT2D eigenvalue weighted by atomic mass is 10.0. The van der Waals surface area contributed by atoms with Crippen LogP contribution in [0.4, 0.5) is 0 Å². The SMILES string of the molecule is CC(C)c1ccc(/C(Cl)=C/C=[N+](C)C)cc1. The van der Waals surface area contributed by atoms with Crippen LogP contribution in [0.1, 0.15) is 30.9 Å². The number of hydrogen-bond donors (Lipinski definition) is 0. The van der Waals surface area contributed by atoms with E-state index in [1.165, 1.54) is 5.56 Å². The zero-order chi connectivity index (χ0) is 12.1. The highest BCUT2D eigenvalue weighted by molar-refractivity contribution is 6.49. The summed E-state index contributed by atoms with van der Waals surface area (Å²) < 4.78 is 1.96. The van der Waals surface area contributed by atoms with Crippen molar-refractivity contribution in [2.24, 2.45) is 0 Å². The van der Waals surface area contributed by atoms with Crippen LogP contribution < -0.4 is 0 Å². The first-order valence-corrected chi connectivity index (χ1v) is 5.86. The molecular formula is C14H19ClN+. The lowest BCUT2D eigenvalue weighted by molar-refractivity contribution is -0.458. The second kappa shape index (κ2) is 5.86.